The molecule has 0 spiro atoms. The number of aryl methyl sites for hydroxylation is 3. The number of hydrogen-bond acceptors (Lipinski definition) is 4. The Morgan fingerprint density at radius 3 is 1.24 bits per heavy atom. The van der Waals surface area contributed by atoms with Crippen LogP contribution in [-0.2, 0) is 25.6 Å². The number of esters is 2. The number of rotatable bonds is 35. The number of allylic oxidation sites excluding steroid dienone is 4. The van der Waals surface area contributed by atoms with Crippen molar-refractivity contribution in [3.8, 4) is 0 Å². The molecule has 0 aliphatic heterocycles. The minimum absolute atomic E-state index is 0.0990. The molecular formula is C47H82F6NO4P. The second-order valence-electron chi connectivity index (χ2n) is 16.3. The van der Waals surface area contributed by atoms with Gasteiger partial charge >= 0.3 is 44.9 Å². The number of nitrogens with zero attached hydrogens (tertiary/aromatic N) is 1. The van der Waals surface area contributed by atoms with Gasteiger partial charge in [-0.25, -0.2) is 0 Å². The summed E-state index contributed by atoms with van der Waals surface area (Å²) in [6.45, 7) is 11.4. The third kappa shape index (κ3) is 43.5. The molecule has 0 aliphatic carbocycles. The molecule has 1 heterocycles. The van der Waals surface area contributed by atoms with Crippen molar-refractivity contribution >= 4 is 19.7 Å². The van der Waals surface area contributed by atoms with Crippen LogP contribution in [0.3, 0.4) is 0 Å². The Balaban J connectivity index is 0.00000438. The summed E-state index contributed by atoms with van der Waals surface area (Å²) in [6, 6.07) is 4.27. The Morgan fingerprint density at radius 2 is 0.864 bits per heavy atom. The van der Waals surface area contributed by atoms with Gasteiger partial charge in [-0.1, -0.05) is 141 Å². The van der Waals surface area contributed by atoms with Crippen molar-refractivity contribution in [2.45, 2.75) is 227 Å². The molecule has 1 aromatic rings. The molecule has 1 unspecified atom stereocenters. The Bertz CT molecular complexity index is 1270. The van der Waals surface area contributed by atoms with Crippen LogP contribution in [0.1, 0.15) is 211 Å². The number of carbonyl (C=O) groups excluding carboxylic acids is 2. The molecule has 0 amide bonds. The SMILES string of the molecule is CCCCCCCC/C=C\CCCCCCCC(=O)OCC(C[n+]1c(C)cc(C)cc1C)OC(=O)CCCCCCC/C=C\CCCCCCCC.F[P-](F)(F)(F)(F)F. The van der Waals surface area contributed by atoms with Crippen molar-refractivity contribution in [2.24, 2.45) is 0 Å². The van der Waals surface area contributed by atoms with Crippen LogP contribution in [0.15, 0.2) is 36.4 Å². The van der Waals surface area contributed by atoms with Crippen LogP contribution >= 0.6 is 7.81 Å². The standard InChI is InChI=1S/C47H82NO4.F6P/c1-6-8-10-12-14-16-18-20-22-24-26-28-30-32-34-36-46(49)51-41-45(40-48-43(4)38-42(3)39-44(48)5)52-47(50)37-35-33-31-29-27-25-23-21-19-17-15-13-11-9-7-2;1-7(2,3,4,5)6/h20-23,38-39,45H,6-19,24-37,40-41H2,1-5H3;/q+1;-1/b22-20-,23-21-;. The van der Waals surface area contributed by atoms with Gasteiger partial charge in [0.25, 0.3) is 0 Å². The fraction of sp³-hybridized carbons (Fsp3) is 0.766. The van der Waals surface area contributed by atoms with Crippen molar-refractivity contribution in [1.82, 2.24) is 0 Å². The average Bonchev–Trinajstić information content (AvgIpc) is 3.13. The second kappa shape index (κ2) is 32.3. The van der Waals surface area contributed by atoms with Crippen molar-refractivity contribution in [2.75, 3.05) is 6.61 Å². The first kappa shape index (κ1) is 56.6. The topological polar surface area (TPSA) is 56.5 Å². The molecule has 1 rings (SSSR count). The van der Waals surface area contributed by atoms with Crippen LogP contribution in [0.2, 0.25) is 0 Å². The van der Waals surface area contributed by atoms with Crippen molar-refractivity contribution in [1.29, 1.82) is 0 Å². The molecule has 346 valence electrons. The van der Waals surface area contributed by atoms with Crippen LogP contribution in [0, 0.1) is 20.8 Å². The number of hydrogen-bond donors (Lipinski definition) is 0. The van der Waals surface area contributed by atoms with Crippen LogP contribution < -0.4 is 4.57 Å². The maximum absolute atomic E-state index is 12.9. The van der Waals surface area contributed by atoms with Gasteiger partial charge in [-0.15, -0.1) is 0 Å². The van der Waals surface area contributed by atoms with Gasteiger partial charge in [-0.3, -0.25) is 9.59 Å². The Morgan fingerprint density at radius 1 is 0.542 bits per heavy atom. The molecule has 1 atom stereocenters. The first-order valence-electron chi connectivity index (χ1n) is 23.0. The van der Waals surface area contributed by atoms with Gasteiger partial charge in [-0.2, -0.15) is 4.57 Å². The number of carbonyl (C=O) groups is 2. The molecular weight excluding hydrogens is 787 g/mol. The summed E-state index contributed by atoms with van der Waals surface area (Å²) in [4.78, 5) is 25.5. The van der Waals surface area contributed by atoms with Gasteiger partial charge in [0.2, 0.25) is 0 Å². The van der Waals surface area contributed by atoms with E-state index in [0.29, 0.717) is 19.4 Å². The molecule has 0 aliphatic rings. The fourth-order valence-electron chi connectivity index (χ4n) is 6.93. The van der Waals surface area contributed by atoms with Crippen LogP contribution in [0.4, 0.5) is 25.2 Å². The van der Waals surface area contributed by atoms with E-state index in [4.69, 9.17) is 9.47 Å². The van der Waals surface area contributed by atoms with Crippen LogP contribution in [0.5, 0.6) is 0 Å². The monoisotopic (exact) mass is 870 g/mol. The fourth-order valence-corrected chi connectivity index (χ4v) is 6.93. The van der Waals surface area contributed by atoms with E-state index in [2.05, 4.69) is 75.6 Å². The summed E-state index contributed by atoms with van der Waals surface area (Å²) in [5, 5.41) is 0. The number of pyridine rings is 1. The quantitative estimate of drug-likeness (QED) is 0.0170. The van der Waals surface area contributed by atoms with Crippen molar-refractivity contribution in [3.63, 3.8) is 0 Å². The summed E-state index contributed by atoms with van der Waals surface area (Å²) in [6.07, 6.45) is 41.7. The van der Waals surface area contributed by atoms with E-state index in [1.807, 2.05) is 0 Å². The van der Waals surface area contributed by atoms with Crippen LogP contribution in [-0.4, -0.2) is 24.6 Å². The molecule has 0 aromatic carbocycles. The Kier molecular flexibility index (Phi) is 31.0. The molecule has 59 heavy (non-hydrogen) atoms. The van der Waals surface area contributed by atoms with E-state index in [0.717, 1.165) is 62.8 Å². The van der Waals surface area contributed by atoms with E-state index >= 15 is 0 Å². The number of aromatic nitrogens is 1. The number of halogens is 6. The molecule has 12 heteroatoms. The van der Waals surface area contributed by atoms with E-state index in [9.17, 15) is 34.8 Å². The zero-order chi connectivity index (χ0) is 44.3. The maximum atomic E-state index is 12.9. The molecule has 0 fully saturated rings. The summed E-state index contributed by atoms with van der Waals surface area (Å²) >= 11 is 0. The van der Waals surface area contributed by atoms with Crippen molar-refractivity contribution in [3.05, 3.63) is 53.4 Å². The van der Waals surface area contributed by atoms with Gasteiger partial charge < -0.3 is 9.47 Å². The molecule has 0 radical (unpaired) electrons. The van der Waals surface area contributed by atoms with Crippen LogP contribution in [0.25, 0.3) is 0 Å². The predicted molar refractivity (Wildman–Crippen MR) is 234 cm³/mol. The third-order valence-electron chi connectivity index (χ3n) is 10.1. The van der Waals surface area contributed by atoms with E-state index in [-0.39, 0.29) is 18.5 Å². The summed E-state index contributed by atoms with van der Waals surface area (Å²) in [7, 11) is -10.7. The van der Waals surface area contributed by atoms with Gasteiger partial charge in [0.05, 0.1) is 0 Å². The summed E-state index contributed by atoms with van der Waals surface area (Å²) < 4.78 is 73.0. The average molecular weight is 870 g/mol. The van der Waals surface area contributed by atoms with Gasteiger partial charge in [0.15, 0.2) is 24.0 Å². The first-order chi connectivity index (χ1) is 27.8. The Labute approximate surface area is 354 Å². The minimum atomic E-state index is -10.7. The second-order valence-corrected chi connectivity index (χ2v) is 18.3. The molecule has 0 bridgehead atoms. The zero-order valence-electron chi connectivity index (χ0n) is 37.5. The Hall–Kier alpha value is -2.42. The number of unbranched alkanes of at least 4 members (excludes halogenated alkanes) is 22. The molecule has 0 saturated carbocycles. The first-order valence-corrected chi connectivity index (χ1v) is 25.0. The molecule has 1 aromatic heterocycles. The van der Waals surface area contributed by atoms with Gasteiger partial charge in [0.1, 0.15) is 6.61 Å². The normalized spacial score (nSPS) is 13.5. The predicted octanol–water partition coefficient (Wildman–Crippen LogP) is 16.8. The zero-order valence-corrected chi connectivity index (χ0v) is 38.4. The van der Waals surface area contributed by atoms with Gasteiger partial charge in [0, 0.05) is 38.8 Å². The molecule has 5 nitrogen and oxygen atoms in total. The summed E-state index contributed by atoms with van der Waals surface area (Å²) in [5.41, 5.74) is 3.42. The van der Waals surface area contributed by atoms with E-state index < -0.39 is 13.9 Å². The third-order valence-corrected chi connectivity index (χ3v) is 10.1. The molecule has 0 saturated heterocycles. The van der Waals surface area contributed by atoms with Crippen molar-refractivity contribution < 1.29 is 48.8 Å². The van der Waals surface area contributed by atoms with Gasteiger partial charge in [-0.05, 0) is 76.7 Å². The van der Waals surface area contributed by atoms with E-state index in [1.54, 1.807) is 0 Å². The number of ether oxygens (including phenoxy) is 2. The molecule has 0 N–H and O–H groups in total. The van der Waals surface area contributed by atoms with E-state index in [1.165, 1.54) is 121 Å². The summed E-state index contributed by atoms with van der Waals surface area (Å²) in [5.74, 6) is -0.391.